The number of ether oxygens (including phenoxy) is 6. The summed E-state index contributed by atoms with van der Waals surface area (Å²) in [5.41, 5.74) is 0. The normalized spacial score (nSPS) is 28.3. The number of unbranched alkanes of at least 4 members (excludes halogenated alkanes) is 19. The first kappa shape index (κ1) is 52.9. The molecule has 2 saturated heterocycles. The quantitative estimate of drug-likeness (QED) is 0.0251. The Labute approximate surface area is 348 Å². The lowest BCUT2D eigenvalue weighted by Gasteiger charge is -2.42. The van der Waals surface area contributed by atoms with Crippen molar-refractivity contribution in [1.29, 1.82) is 0 Å². The number of rotatable bonds is 35. The summed E-state index contributed by atoms with van der Waals surface area (Å²) in [6.45, 7) is 3.63. The van der Waals surface area contributed by atoms with Gasteiger partial charge in [0.05, 0.1) is 26.4 Å². The molecule has 11 atom stereocenters. The van der Waals surface area contributed by atoms with Crippen LogP contribution in [0.2, 0.25) is 0 Å². The fourth-order valence-electron chi connectivity index (χ4n) is 7.21. The maximum atomic E-state index is 12.9. The zero-order valence-electron chi connectivity index (χ0n) is 35.8. The zero-order chi connectivity index (χ0) is 42.4. The van der Waals surface area contributed by atoms with Gasteiger partial charge in [0.15, 0.2) is 12.6 Å². The molecule has 0 aliphatic carbocycles. The molecule has 0 radical (unpaired) electrons. The van der Waals surface area contributed by atoms with Crippen LogP contribution >= 0.6 is 0 Å². The van der Waals surface area contributed by atoms with Gasteiger partial charge in [-0.05, 0) is 32.1 Å². The highest BCUT2D eigenvalue weighted by Crippen LogP contribution is 2.26. The van der Waals surface area contributed by atoms with Gasteiger partial charge in [-0.1, -0.05) is 135 Å². The molecular formula is C44H82O14. The van der Waals surface area contributed by atoms with E-state index in [0.29, 0.717) is 13.0 Å². The third kappa shape index (κ3) is 22.0. The fourth-order valence-corrected chi connectivity index (χ4v) is 7.21. The number of carbonyl (C=O) groups excluding carboxylic acids is 1. The molecule has 0 aromatic heterocycles. The molecule has 7 N–H and O–H groups in total. The van der Waals surface area contributed by atoms with Crippen LogP contribution in [-0.2, 0) is 33.2 Å². The van der Waals surface area contributed by atoms with Crippen LogP contribution < -0.4 is 0 Å². The van der Waals surface area contributed by atoms with Gasteiger partial charge in [-0.15, -0.1) is 0 Å². The minimum absolute atomic E-state index is 0.0617. The summed E-state index contributed by atoms with van der Waals surface area (Å²) in [5, 5.41) is 71.8. The molecule has 2 fully saturated rings. The second-order valence-corrected chi connectivity index (χ2v) is 16.2. The van der Waals surface area contributed by atoms with Crippen molar-refractivity contribution in [2.75, 3.05) is 33.0 Å². The molecule has 2 aliphatic heterocycles. The molecule has 0 spiro atoms. The summed E-state index contributed by atoms with van der Waals surface area (Å²) in [4.78, 5) is 12.9. The van der Waals surface area contributed by atoms with Crippen molar-refractivity contribution in [2.24, 2.45) is 0 Å². The first-order chi connectivity index (χ1) is 28.1. The molecule has 342 valence electrons. The van der Waals surface area contributed by atoms with E-state index in [1.165, 1.54) is 89.9 Å². The third-order valence-corrected chi connectivity index (χ3v) is 11.0. The maximum absolute atomic E-state index is 12.9. The average molecular weight is 835 g/mol. The van der Waals surface area contributed by atoms with Gasteiger partial charge >= 0.3 is 5.97 Å². The Balaban J connectivity index is 1.82. The van der Waals surface area contributed by atoms with Gasteiger partial charge in [0.2, 0.25) is 0 Å². The Morgan fingerprint density at radius 3 is 1.62 bits per heavy atom. The Morgan fingerprint density at radius 1 is 0.552 bits per heavy atom. The number of hydrogen-bond donors (Lipinski definition) is 7. The summed E-state index contributed by atoms with van der Waals surface area (Å²) in [6.07, 6.45) is 14.2. The minimum atomic E-state index is -1.70. The van der Waals surface area contributed by atoms with E-state index in [4.69, 9.17) is 28.4 Å². The molecule has 2 rings (SSSR count). The van der Waals surface area contributed by atoms with Crippen molar-refractivity contribution < 1.29 is 69.0 Å². The molecule has 58 heavy (non-hydrogen) atoms. The van der Waals surface area contributed by atoms with E-state index in [1.807, 2.05) is 0 Å². The minimum Gasteiger partial charge on any atom is -0.457 e. The molecule has 0 aromatic carbocycles. The van der Waals surface area contributed by atoms with E-state index < -0.39 is 80.7 Å². The lowest BCUT2D eigenvalue weighted by atomic mass is 9.98. The van der Waals surface area contributed by atoms with Crippen LogP contribution in [0, 0.1) is 0 Å². The summed E-state index contributed by atoms with van der Waals surface area (Å²) >= 11 is 0. The Morgan fingerprint density at radius 2 is 1.03 bits per heavy atom. The van der Waals surface area contributed by atoms with Crippen molar-refractivity contribution in [3.8, 4) is 0 Å². The molecule has 0 aromatic rings. The molecule has 14 nitrogen and oxygen atoms in total. The average Bonchev–Trinajstić information content (AvgIpc) is 3.22. The molecule has 14 heteroatoms. The highest BCUT2D eigenvalue weighted by atomic mass is 16.7. The number of esters is 1. The highest BCUT2D eigenvalue weighted by Gasteiger charge is 2.47. The van der Waals surface area contributed by atoms with Gasteiger partial charge < -0.3 is 64.2 Å². The lowest BCUT2D eigenvalue weighted by Crippen LogP contribution is -2.61. The highest BCUT2D eigenvalue weighted by molar-refractivity contribution is 5.69. The topological polar surface area (TPSA) is 214 Å². The monoisotopic (exact) mass is 835 g/mol. The summed E-state index contributed by atoms with van der Waals surface area (Å²) in [7, 11) is 0. The SMILES string of the molecule is CCCC/C=C\CCCCCCCCOCC(COC1OC(COC2OC(CO)C(O)C(O)C2O)C(O)C(O)C1O)OC(=O)CCCCCCCCCCCCCC. The molecule has 0 amide bonds. The van der Waals surface area contributed by atoms with Crippen molar-refractivity contribution in [1.82, 2.24) is 0 Å². The Hall–Kier alpha value is -1.27. The number of allylic oxidation sites excluding steroid dienone is 2. The molecule has 2 heterocycles. The first-order valence-corrected chi connectivity index (χ1v) is 22.8. The van der Waals surface area contributed by atoms with Crippen molar-refractivity contribution >= 4 is 5.97 Å². The van der Waals surface area contributed by atoms with E-state index in [-0.39, 0.29) is 25.6 Å². The predicted molar refractivity (Wildman–Crippen MR) is 220 cm³/mol. The van der Waals surface area contributed by atoms with Crippen LogP contribution in [0.15, 0.2) is 12.2 Å². The van der Waals surface area contributed by atoms with Crippen molar-refractivity contribution in [3.63, 3.8) is 0 Å². The van der Waals surface area contributed by atoms with E-state index in [2.05, 4.69) is 26.0 Å². The number of aliphatic hydroxyl groups excluding tert-OH is 7. The van der Waals surface area contributed by atoms with Gasteiger partial charge in [0.25, 0.3) is 0 Å². The molecule has 2 aliphatic rings. The fraction of sp³-hybridized carbons (Fsp3) is 0.932. The van der Waals surface area contributed by atoms with Gasteiger partial charge in [-0.25, -0.2) is 0 Å². The number of carbonyl (C=O) groups is 1. The first-order valence-electron chi connectivity index (χ1n) is 22.8. The largest absolute Gasteiger partial charge is 0.457 e. The maximum Gasteiger partial charge on any atom is 0.306 e. The molecule has 0 bridgehead atoms. The van der Waals surface area contributed by atoms with Gasteiger partial charge in [-0.2, -0.15) is 0 Å². The molecule has 0 saturated carbocycles. The van der Waals surface area contributed by atoms with Crippen molar-refractivity contribution in [3.05, 3.63) is 12.2 Å². The Kier molecular flexibility index (Phi) is 30.4. The van der Waals surface area contributed by atoms with Crippen LogP contribution in [0.5, 0.6) is 0 Å². The summed E-state index contributed by atoms with van der Waals surface area (Å²) in [6, 6.07) is 0. The number of aliphatic hydroxyl groups is 7. The van der Waals surface area contributed by atoms with Crippen LogP contribution in [0.25, 0.3) is 0 Å². The van der Waals surface area contributed by atoms with Gasteiger partial charge in [0, 0.05) is 13.0 Å². The number of hydrogen-bond acceptors (Lipinski definition) is 14. The van der Waals surface area contributed by atoms with Crippen LogP contribution in [0.4, 0.5) is 0 Å². The van der Waals surface area contributed by atoms with E-state index in [1.54, 1.807) is 0 Å². The van der Waals surface area contributed by atoms with Crippen molar-refractivity contribution in [2.45, 2.75) is 229 Å². The zero-order valence-corrected chi connectivity index (χ0v) is 35.8. The third-order valence-electron chi connectivity index (χ3n) is 11.0. The van der Waals surface area contributed by atoms with E-state index >= 15 is 0 Å². The predicted octanol–water partition coefficient (Wildman–Crippen LogP) is 5.12. The van der Waals surface area contributed by atoms with E-state index in [9.17, 15) is 40.5 Å². The second-order valence-electron chi connectivity index (χ2n) is 16.2. The molecular weight excluding hydrogens is 752 g/mol. The van der Waals surface area contributed by atoms with Crippen LogP contribution in [0.3, 0.4) is 0 Å². The second kappa shape index (κ2) is 33.4. The Bertz CT molecular complexity index is 1020. The summed E-state index contributed by atoms with van der Waals surface area (Å²) in [5.74, 6) is -0.379. The molecule has 11 unspecified atom stereocenters. The van der Waals surface area contributed by atoms with Crippen LogP contribution in [0.1, 0.15) is 162 Å². The van der Waals surface area contributed by atoms with E-state index in [0.717, 1.165) is 44.9 Å². The lowest BCUT2D eigenvalue weighted by molar-refractivity contribution is -0.332. The van der Waals surface area contributed by atoms with Gasteiger partial charge in [0.1, 0.15) is 54.9 Å². The smallest absolute Gasteiger partial charge is 0.306 e. The summed E-state index contributed by atoms with van der Waals surface area (Å²) < 4.78 is 34.1. The standard InChI is InChI=1S/C44H82O14/c1-3-5-7-9-11-13-15-17-19-21-23-25-27-36(46)56-33(30-53-28-26-24-22-20-18-16-14-12-10-8-6-4-2)31-54-43-42(52)40(50)38(48)35(58-43)32-55-44-41(51)39(49)37(47)34(29-45)57-44/h10,12,33-35,37-45,47-52H,3-9,11,13-32H2,1-2H3/b12-10-. The van der Waals surface area contributed by atoms with Crippen LogP contribution in [-0.4, -0.2) is 142 Å². The van der Waals surface area contributed by atoms with Gasteiger partial charge in [-0.3, -0.25) is 4.79 Å².